The average Bonchev–Trinajstić information content (AvgIpc) is 2.76. The molecule has 156 valence electrons. The number of para-hydroxylation sites is 1. The van der Waals surface area contributed by atoms with Gasteiger partial charge >= 0.3 is 0 Å². The first-order chi connectivity index (χ1) is 14.6. The molecule has 30 heavy (non-hydrogen) atoms. The van der Waals surface area contributed by atoms with E-state index in [1.54, 1.807) is 16.7 Å². The van der Waals surface area contributed by atoms with Crippen LogP contribution in [0.15, 0.2) is 59.5 Å². The van der Waals surface area contributed by atoms with Gasteiger partial charge in [-0.2, -0.15) is 0 Å². The zero-order valence-electron chi connectivity index (χ0n) is 17.3. The van der Waals surface area contributed by atoms with E-state index < -0.39 is 0 Å². The van der Waals surface area contributed by atoms with Crippen LogP contribution in [0.2, 0.25) is 0 Å². The van der Waals surface area contributed by atoms with E-state index in [1.165, 1.54) is 31.0 Å². The van der Waals surface area contributed by atoms with Crippen molar-refractivity contribution in [2.45, 2.75) is 50.8 Å². The molecule has 3 aromatic rings. The second-order valence-corrected chi connectivity index (χ2v) is 8.89. The fraction of sp³-hybridized carbons (Fsp3) is 0.375. The molecule has 0 N–H and O–H groups in total. The lowest BCUT2D eigenvalue weighted by Gasteiger charge is -2.34. The summed E-state index contributed by atoms with van der Waals surface area (Å²) in [5.41, 5.74) is 3.27. The van der Waals surface area contributed by atoms with E-state index in [0.717, 1.165) is 24.1 Å². The predicted molar refractivity (Wildman–Crippen MR) is 123 cm³/mol. The number of rotatable bonds is 6. The van der Waals surface area contributed by atoms with Crippen molar-refractivity contribution in [3.8, 4) is 0 Å². The number of hydrogen-bond acceptors (Lipinski definition) is 4. The summed E-state index contributed by atoms with van der Waals surface area (Å²) in [7, 11) is 0. The molecule has 6 heteroatoms. The molecule has 4 rings (SSSR count). The summed E-state index contributed by atoms with van der Waals surface area (Å²) in [5, 5.41) is 0. The molecule has 5 nitrogen and oxygen atoms in total. The largest absolute Gasteiger partial charge is 0.309 e. The van der Waals surface area contributed by atoms with Crippen LogP contribution in [0.4, 0.5) is 5.69 Å². The summed E-state index contributed by atoms with van der Waals surface area (Å²) in [5.74, 6) is 1.05. The maximum Gasteiger partial charge on any atom is 0.258 e. The molecule has 0 saturated heterocycles. The average molecular weight is 422 g/mol. The van der Waals surface area contributed by atoms with Crippen LogP contribution in [0.1, 0.15) is 43.4 Å². The first-order valence-corrected chi connectivity index (χ1v) is 11.7. The van der Waals surface area contributed by atoms with Crippen molar-refractivity contribution in [1.29, 1.82) is 0 Å². The topological polar surface area (TPSA) is 54.7 Å². The summed E-state index contributed by atoms with van der Waals surface area (Å²) in [4.78, 5) is 32.1. The standard InChI is InChI=1S/C24H27N3O2S/c1-18-12-13-22-25-19(14-23(28)26(22)15-18)16-30-17-24(29)27(20-8-4-2-5-9-20)21-10-6-3-7-11-21/h2,4-5,8-9,12-15,21H,3,6-7,10-11,16-17H2,1H3. The molecular formula is C24H27N3O2S. The highest BCUT2D eigenvalue weighted by Crippen LogP contribution is 2.28. The second-order valence-electron chi connectivity index (χ2n) is 7.90. The summed E-state index contributed by atoms with van der Waals surface area (Å²) in [6.45, 7) is 1.95. The van der Waals surface area contributed by atoms with Crippen molar-refractivity contribution >= 4 is 29.0 Å². The molecule has 1 aliphatic rings. The molecule has 2 heterocycles. The van der Waals surface area contributed by atoms with Gasteiger partial charge in [-0.15, -0.1) is 11.8 Å². The summed E-state index contributed by atoms with van der Waals surface area (Å²) < 4.78 is 1.56. The number of fused-ring (bicyclic) bond motifs is 1. The summed E-state index contributed by atoms with van der Waals surface area (Å²) in [6, 6.07) is 15.6. The van der Waals surface area contributed by atoms with Gasteiger partial charge in [-0.3, -0.25) is 14.0 Å². The number of hydrogen-bond donors (Lipinski definition) is 0. The van der Waals surface area contributed by atoms with Crippen LogP contribution >= 0.6 is 11.8 Å². The molecule has 0 unspecified atom stereocenters. The number of anilines is 1. The molecule has 1 fully saturated rings. The van der Waals surface area contributed by atoms with Crippen LogP contribution < -0.4 is 10.5 Å². The van der Waals surface area contributed by atoms with Crippen molar-refractivity contribution in [3.63, 3.8) is 0 Å². The lowest BCUT2D eigenvalue weighted by molar-refractivity contribution is -0.116. The van der Waals surface area contributed by atoms with E-state index in [9.17, 15) is 9.59 Å². The van der Waals surface area contributed by atoms with Gasteiger partial charge < -0.3 is 4.90 Å². The van der Waals surface area contributed by atoms with E-state index in [0.29, 0.717) is 22.8 Å². The summed E-state index contributed by atoms with van der Waals surface area (Å²) >= 11 is 1.52. The second kappa shape index (κ2) is 9.47. The minimum absolute atomic E-state index is 0.0845. The smallest absolute Gasteiger partial charge is 0.258 e. The molecule has 0 spiro atoms. The Kier molecular flexibility index (Phi) is 6.53. The van der Waals surface area contributed by atoms with E-state index in [2.05, 4.69) is 4.98 Å². The van der Waals surface area contributed by atoms with Gasteiger partial charge in [0.2, 0.25) is 5.91 Å². The number of nitrogens with zero attached hydrogens (tertiary/aromatic N) is 3. The van der Waals surface area contributed by atoms with Crippen LogP contribution in [0.5, 0.6) is 0 Å². The zero-order valence-corrected chi connectivity index (χ0v) is 18.1. The van der Waals surface area contributed by atoms with Crippen LogP contribution in [-0.4, -0.2) is 27.1 Å². The highest BCUT2D eigenvalue weighted by Gasteiger charge is 2.26. The normalized spacial score (nSPS) is 14.7. The van der Waals surface area contributed by atoms with E-state index in [1.807, 2.05) is 54.3 Å². The number of amides is 1. The van der Waals surface area contributed by atoms with Crippen molar-refractivity contribution < 1.29 is 4.79 Å². The number of carbonyl (C=O) groups is 1. The number of thioether (sulfide) groups is 1. The Morgan fingerprint density at radius 3 is 2.67 bits per heavy atom. The summed E-state index contributed by atoms with van der Waals surface area (Å²) in [6.07, 6.45) is 7.54. The van der Waals surface area contributed by atoms with Crippen LogP contribution in [-0.2, 0) is 10.5 Å². The Morgan fingerprint density at radius 2 is 1.90 bits per heavy atom. The van der Waals surface area contributed by atoms with Crippen LogP contribution in [0, 0.1) is 6.92 Å². The minimum atomic E-state index is -0.0845. The molecule has 0 bridgehead atoms. The predicted octanol–water partition coefficient (Wildman–Crippen LogP) is 4.60. The first kappa shape index (κ1) is 20.7. The van der Waals surface area contributed by atoms with Gasteiger partial charge in [0.25, 0.3) is 5.56 Å². The van der Waals surface area contributed by atoms with Gasteiger partial charge in [-0.05, 0) is 43.5 Å². The quantitative estimate of drug-likeness (QED) is 0.584. The molecule has 0 aliphatic heterocycles. The monoisotopic (exact) mass is 421 g/mol. The van der Waals surface area contributed by atoms with Crippen molar-refractivity contribution in [3.05, 3.63) is 76.3 Å². The van der Waals surface area contributed by atoms with Gasteiger partial charge in [0.1, 0.15) is 5.65 Å². The fourth-order valence-corrected chi connectivity index (χ4v) is 4.90. The van der Waals surface area contributed by atoms with Crippen molar-refractivity contribution in [2.75, 3.05) is 10.7 Å². The van der Waals surface area contributed by atoms with Crippen LogP contribution in [0.3, 0.4) is 0 Å². The molecular weight excluding hydrogens is 394 g/mol. The van der Waals surface area contributed by atoms with Crippen molar-refractivity contribution in [1.82, 2.24) is 9.38 Å². The highest BCUT2D eigenvalue weighted by molar-refractivity contribution is 7.99. The number of carbonyl (C=O) groups excluding carboxylic acids is 1. The first-order valence-electron chi connectivity index (χ1n) is 10.6. The Bertz CT molecular complexity index is 1070. The third kappa shape index (κ3) is 4.75. The molecule has 1 saturated carbocycles. The number of benzene rings is 1. The molecule has 2 aromatic heterocycles. The van der Waals surface area contributed by atoms with Gasteiger partial charge in [0.05, 0.1) is 11.4 Å². The zero-order chi connectivity index (χ0) is 20.9. The van der Waals surface area contributed by atoms with Gasteiger partial charge in [-0.25, -0.2) is 4.98 Å². The maximum atomic E-state index is 13.2. The Labute approximate surface area is 181 Å². The molecule has 1 aromatic carbocycles. The Balaban J connectivity index is 1.45. The molecule has 1 aliphatic carbocycles. The highest BCUT2D eigenvalue weighted by atomic mass is 32.2. The van der Waals surface area contributed by atoms with E-state index in [-0.39, 0.29) is 17.5 Å². The van der Waals surface area contributed by atoms with E-state index in [4.69, 9.17) is 0 Å². The van der Waals surface area contributed by atoms with Crippen molar-refractivity contribution in [2.24, 2.45) is 0 Å². The van der Waals surface area contributed by atoms with Gasteiger partial charge in [0, 0.05) is 29.7 Å². The molecule has 0 atom stereocenters. The Morgan fingerprint density at radius 1 is 1.13 bits per heavy atom. The third-order valence-electron chi connectivity index (χ3n) is 5.58. The fourth-order valence-electron chi connectivity index (χ4n) is 4.13. The van der Waals surface area contributed by atoms with E-state index >= 15 is 0 Å². The number of pyridine rings is 1. The molecule has 1 amide bonds. The lowest BCUT2D eigenvalue weighted by atomic mass is 9.93. The van der Waals surface area contributed by atoms with Gasteiger partial charge in [-0.1, -0.05) is 43.5 Å². The lowest BCUT2D eigenvalue weighted by Crippen LogP contribution is -2.42. The number of aryl methyl sites for hydroxylation is 1. The third-order valence-corrected chi connectivity index (χ3v) is 6.53. The van der Waals surface area contributed by atoms with Crippen LogP contribution in [0.25, 0.3) is 5.65 Å². The SMILES string of the molecule is Cc1ccc2nc(CSCC(=O)N(c3ccccc3)C3CCCCC3)cc(=O)n2c1. The van der Waals surface area contributed by atoms with Gasteiger partial charge in [0.15, 0.2) is 0 Å². The number of aromatic nitrogens is 2. The Hall–Kier alpha value is -2.60. The maximum absolute atomic E-state index is 13.2. The molecule has 0 radical (unpaired) electrons. The minimum Gasteiger partial charge on any atom is -0.309 e.